The minimum atomic E-state index is -0.523. The number of ether oxygens (including phenoxy) is 1. The predicted molar refractivity (Wildman–Crippen MR) is 44.6 cm³/mol. The molecule has 0 amide bonds. The fraction of sp³-hybridized carbons (Fsp3) is 0.667. The van der Waals surface area contributed by atoms with Crippen LogP contribution in [0, 0.1) is 11.3 Å². The van der Waals surface area contributed by atoms with Gasteiger partial charge in [0.25, 0.3) is 0 Å². The molecule has 1 atom stereocenters. The number of hydrogen-bond acceptors (Lipinski definition) is 4. The number of nitrogens with zero attached hydrogens (tertiary/aromatic N) is 1. The van der Waals surface area contributed by atoms with Gasteiger partial charge in [-0.2, -0.15) is 5.26 Å². The summed E-state index contributed by atoms with van der Waals surface area (Å²) in [5.41, 5.74) is 0. The van der Waals surface area contributed by atoms with Gasteiger partial charge in [-0.25, -0.2) is 0 Å². The van der Waals surface area contributed by atoms with Gasteiger partial charge in [0.2, 0.25) is 0 Å². The van der Waals surface area contributed by atoms with Crippen molar-refractivity contribution in [2.45, 2.75) is 5.38 Å². The smallest absolute Gasteiger partial charge is 0.315 e. The van der Waals surface area contributed by atoms with E-state index >= 15 is 0 Å². The number of carbonyl (C=O) groups excluding carboxylic acids is 1. The number of alkyl halides is 1. The number of esters is 1. The van der Waals surface area contributed by atoms with E-state index in [0.29, 0.717) is 5.75 Å². The van der Waals surface area contributed by atoms with Crippen LogP contribution < -0.4 is 0 Å². The van der Waals surface area contributed by atoms with Crippen LogP contribution in [0.5, 0.6) is 0 Å². The molecule has 1 unspecified atom stereocenters. The maximum atomic E-state index is 10.5. The molecular weight excluding hydrogens is 186 g/mol. The second kappa shape index (κ2) is 6.32. The largest absolute Gasteiger partial charge is 0.468 e. The van der Waals surface area contributed by atoms with E-state index in [-0.39, 0.29) is 11.7 Å². The molecule has 0 N–H and O–H groups in total. The molecule has 11 heavy (non-hydrogen) atoms. The highest BCUT2D eigenvalue weighted by atomic mass is 35.5. The molecular formula is C6H8ClNO2S. The maximum absolute atomic E-state index is 10.5. The van der Waals surface area contributed by atoms with E-state index in [9.17, 15) is 4.79 Å². The minimum absolute atomic E-state index is 0.251. The molecule has 0 aromatic rings. The SMILES string of the molecule is COC(=O)CSCC(Cl)C#N. The van der Waals surface area contributed by atoms with Crippen LogP contribution in [0.1, 0.15) is 0 Å². The Kier molecular flexibility index (Phi) is 6.09. The summed E-state index contributed by atoms with van der Waals surface area (Å²) < 4.78 is 4.38. The Bertz CT molecular complexity index is 168. The van der Waals surface area contributed by atoms with Gasteiger partial charge < -0.3 is 4.74 Å². The van der Waals surface area contributed by atoms with Gasteiger partial charge in [0.1, 0.15) is 5.38 Å². The Morgan fingerprint density at radius 3 is 3.00 bits per heavy atom. The zero-order chi connectivity index (χ0) is 8.69. The Morgan fingerprint density at radius 2 is 2.55 bits per heavy atom. The van der Waals surface area contributed by atoms with Crippen LogP contribution in [0.2, 0.25) is 0 Å². The average molecular weight is 194 g/mol. The van der Waals surface area contributed by atoms with Gasteiger partial charge in [0.15, 0.2) is 0 Å². The zero-order valence-electron chi connectivity index (χ0n) is 6.04. The summed E-state index contributed by atoms with van der Waals surface area (Å²) in [7, 11) is 1.32. The van der Waals surface area contributed by atoms with Crippen LogP contribution in [0.25, 0.3) is 0 Å². The third-order valence-electron chi connectivity index (χ3n) is 0.852. The molecule has 0 rings (SSSR count). The fourth-order valence-corrected chi connectivity index (χ4v) is 1.29. The molecule has 0 fully saturated rings. The molecule has 0 aromatic carbocycles. The summed E-state index contributed by atoms with van der Waals surface area (Å²) >= 11 is 6.75. The summed E-state index contributed by atoms with van der Waals surface area (Å²) in [5.74, 6) is 0.408. The molecule has 0 aliphatic heterocycles. The summed E-state index contributed by atoms with van der Waals surface area (Å²) in [6.45, 7) is 0. The minimum Gasteiger partial charge on any atom is -0.468 e. The molecule has 0 aliphatic rings. The van der Waals surface area contributed by atoms with Gasteiger partial charge in [0, 0.05) is 5.75 Å². The number of carbonyl (C=O) groups is 1. The van der Waals surface area contributed by atoms with Crippen molar-refractivity contribution in [1.29, 1.82) is 5.26 Å². The van der Waals surface area contributed by atoms with Crippen LogP contribution in [-0.2, 0) is 9.53 Å². The molecule has 0 bridgehead atoms. The van der Waals surface area contributed by atoms with Crippen LogP contribution in [-0.4, -0.2) is 30.0 Å². The number of hydrogen-bond donors (Lipinski definition) is 0. The average Bonchev–Trinajstić information content (AvgIpc) is 2.04. The van der Waals surface area contributed by atoms with Crippen LogP contribution in [0.3, 0.4) is 0 Å². The van der Waals surface area contributed by atoms with Crippen molar-refractivity contribution in [3.63, 3.8) is 0 Å². The lowest BCUT2D eigenvalue weighted by Gasteiger charge is -1.98. The van der Waals surface area contributed by atoms with Crippen molar-refractivity contribution < 1.29 is 9.53 Å². The van der Waals surface area contributed by atoms with E-state index < -0.39 is 5.38 Å². The van der Waals surface area contributed by atoms with E-state index in [0.717, 1.165) is 0 Å². The van der Waals surface area contributed by atoms with Crippen LogP contribution in [0.4, 0.5) is 0 Å². The first-order valence-electron chi connectivity index (χ1n) is 2.89. The lowest BCUT2D eigenvalue weighted by atomic mass is 10.5. The second-order valence-electron chi connectivity index (χ2n) is 1.69. The Balaban J connectivity index is 3.29. The standard InChI is InChI=1S/C6H8ClNO2S/c1-10-6(9)4-11-3-5(7)2-8/h5H,3-4H2,1H3. The van der Waals surface area contributed by atoms with E-state index in [1.165, 1.54) is 18.9 Å². The van der Waals surface area contributed by atoms with E-state index in [2.05, 4.69) is 4.74 Å². The van der Waals surface area contributed by atoms with E-state index in [1.807, 2.05) is 6.07 Å². The topological polar surface area (TPSA) is 50.1 Å². The summed E-state index contributed by atoms with van der Waals surface area (Å²) in [4.78, 5) is 10.5. The highest BCUT2D eigenvalue weighted by molar-refractivity contribution is 8.00. The molecule has 0 radical (unpaired) electrons. The Morgan fingerprint density at radius 1 is 1.91 bits per heavy atom. The first-order valence-corrected chi connectivity index (χ1v) is 4.48. The number of methoxy groups -OCH3 is 1. The molecule has 0 heterocycles. The second-order valence-corrected chi connectivity index (χ2v) is 3.24. The third kappa shape index (κ3) is 6.02. The lowest BCUT2D eigenvalue weighted by Crippen LogP contribution is -2.06. The number of rotatable bonds is 4. The van der Waals surface area contributed by atoms with Crippen molar-refractivity contribution in [3.05, 3.63) is 0 Å². The highest BCUT2D eigenvalue weighted by Gasteiger charge is 2.04. The van der Waals surface area contributed by atoms with Crippen molar-refractivity contribution in [2.75, 3.05) is 18.6 Å². The van der Waals surface area contributed by atoms with Crippen LogP contribution >= 0.6 is 23.4 Å². The van der Waals surface area contributed by atoms with Crippen molar-refractivity contribution in [2.24, 2.45) is 0 Å². The first kappa shape index (κ1) is 10.6. The van der Waals surface area contributed by atoms with Crippen molar-refractivity contribution in [3.8, 4) is 6.07 Å². The van der Waals surface area contributed by atoms with E-state index in [4.69, 9.17) is 16.9 Å². The molecule has 0 saturated heterocycles. The first-order chi connectivity index (χ1) is 5.20. The molecule has 62 valence electrons. The molecule has 0 aliphatic carbocycles. The number of thioether (sulfide) groups is 1. The molecule has 0 spiro atoms. The highest BCUT2D eigenvalue weighted by Crippen LogP contribution is 2.06. The van der Waals surface area contributed by atoms with Crippen molar-refractivity contribution >= 4 is 29.3 Å². The fourth-order valence-electron chi connectivity index (χ4n) is 0.342. The molecule has 0 aromatic heterocycles. The number of nitriles is 1. The van der Waals surface area contributed by atoms with Crippen LogP contribution in [0.15, 0.2) is 0 Å². The summed E-state index contributed by atoms with van der Waals surface area (Å²) in [6.07, 6.45) is 0. The van der Waals surface area contributed by atoms with E-state index in [1.54, 1.807) is 0 Å². The Labute approximate surface area is 74.7 Å². The van der Waals surface area contributed by atoms with Crippen molar-refractivity contribution in [1.82, 2.24) is 0 Å². The summed E-state index contributed by atoms with van der Waals surface area (Å²) in [6, 6.07) is 1.85. The number of halogens is 1. The third-order valence-corrected chi connectivity index (χ3v) is 2.30. The molecule has 5 heteroatoms. The van der Waals surface area contributed by atoms with Gasteiger partial charge in [-0.15, -0.1) is 23.4 Å². The zero-order valence-corrected chi connectivity index (χ0v) is 7.61. The van der Waals surface area contributed by atoms with Gasteiger partial charge in [-0.1, -0.05) is 0 Å². The summed E-state index contributed by atoms with van der Waals surface area (Å²) in [5, 5.41) is 7.72. The quantitative estimate of drug-likeness (QED) is 0.494. The van der Waals surface area contributed by atoms with Gasteiger partial charge in [-0.05, 0) is 0 Å². The van der Waals surface area contributed by atoms with Gasteiger partial charge >= 0.3 is 5.97 Å². The Hall–Kier alpha value is -0.400. The normalized spacial score (nSPS) is 11.7. The maximum Gasteiger partial charge on any atom is 0.315 e. The predicted octanol–water partition coefficient (Wildman–Crippen LogP) is 1.02. The van der Waals surface area contributed by atoms with Gasteiger partial charge in [-0.3, -0.25) is 4.79 Å². The lowest BCUT2D eigenvalue weighted by molar-refractivity contribution is -0.137. The van der Waals surface area contributed by atoms with Gasteiger partial charge in [0.05, 0.1) is 18.9 Å². The molecule has 3 nitrogen and oxygen atoms in total. The monoisotopic (exact) mass is 193 g/mol. The molecule has 0 saturated carbocycles.